The normalized spacial score (nSPS) is 11.9. The van der Waals surface area contributed by atoms with Crippen LogP contribution in [0.25, 0.3) is 11.1 Å². The quantitative estimate of drug-likeness (QED) is 0.156. The number of carbonyl (C=O) groups is 2. The summed E-state index contributed by atoms with van der Waals surface area (Å²) < 4.78 is 0. The predicted molar refractivity (Wildman–Crippen MR) is 163 cm³/mol. The highest BCUT2D eigenvalue weighted by atomic mass is 16.2. The lowest BCUT2D eigenvalue weighted by atomic mass is 10.1. The highest BCUT2D eigenvalue weighted by Crippen LogP contribution is 2.18. The van der Waals surface area contributed by atoms with Crippen LogP contribution in [0.1, 0.15) is 68.6 Å². The lowest BCUT2D eigenvalue weighted by molar-refractivity contribution is -0.121. The smallest absolute Gasteiger partial charge is 0.252 e. The summed E-state index contributed by atoms with van der Waals surface area (Å²) in [5, 5.41) is 5.70. The van der Waals surface area contributed by atoms with E-state index in [0.29, 0.717) is 25.1 Å². The predicted octanol–water partition coefficient (Wildman–Crippen LogP) is 7.52. The fraction of sp³-hybridized carbons (Fsp3) is 0.324. The van der Waals surface area contributed by atoms with E-state index < -0.39 is 0 Å². The fourth-order valence-electron chi connectivity index (χ4n) is 3.67. The van der Waals surface area contributed by atoms with Crippen LogP contribution in [0.5, 0.6) is 0 Å². The zero-order valence-corrected chi connectivity index (χ0v) is 23.2. The minimum atomic E-state index is -0.201. The van der Waals surface area contributed by atoms with E-state index in [0.717, 1.165) is 56.1 Å². The van der Waals surface area contributed by atoms with Gasteiger partial charge in [-0.1, -0.05) is 98.0 Å². The zero-order valence-electron chi connectivity index (χ0n) is 23.2. The van der Waals surface area contributed by atoms with Gasteiger partial charge in [-0.3, -0.25) is 14.6 Å². The maximum absolute atomic E-state index is 12.4. The summed E-state index contributed by atoms with van der Waals surface area (Å²) in [6.07, 6.45) is 32.2. The summed E-state index contributed by atoms with van der Waals surface area (Å²) >= 11 is 0. The SMILES string of the molecule is CCC=CCC=CCC=CCC=CCC=CCCCC(=O)NCCNC(=O)c1cncc(-c2ccccc2)c1. The lowest BCUT2D eigenvalue weighted by Gasteiger charge is -2.08. The number of pyridine rings is 1. The molecule has 2 amide bonds. The zero-order chi connectivity index (χ0) is 27.8. The minimum absolute atomic E-state index is 0.00402. The number of benzene rings is 1. The Labute approximate surface area is 234 Å². The standard InChI is InChI=1S/C34H43N3O2/c1-2-3-4-5-6-7-8-9-10-11-12-13-14-15-16-17-21-24-33(38)36-25-26-37-34(39)32-27-31(28-35-29-32)30-22-19-18-20-23-30/h3-4,6-7,9-10,12-13,15-16,18-20,22-23,27-29H,2,5,8,11,14,17,21,24-26H2,1H3,(H,36,38)(H,37,39). The molecule has 1 heterocycles. The number of nitrogens with zero attached hydrogens (tertiary/aromatic N) is 1. The van der Waals surface area contributed by atoms with Crippen molar-refractivity contribution in [2.75, 3.05) is 13.1 Å². The Morgan fingerprint density at radius 3 is 1.95 bits per heavy atom. The van der Waals surface area contributed by atoms with Crippen molar-refractivity contribution in [3.8, 4) is 11.1 Å². The Balaban J connectivity index is 1.48. The Morgan fingerprint density at radius 2 is 1.31 bits per heavy atom. The van der Waals surface area contributed by atoms with Gasteiger partial charge in [-0.05, 0) is 56.6 Å². The van der Waals surface area contributed by atoms with Crippen LogP contribution in [-0.2, 0) is 4.79 Å². The largest absolute Gasteiger partial charge is 0.354 e. The highest BCUT2D eigenvalue weighted by molar-refractivity contribution is 5.95. The van der Waals surface area contributed by atoms with E-state index in [1.54, 1.807) is 12.4 Å². The molecule has 1 aromatic carbocycles. The molecule has 0 aliphatic carbocycles. The summed E-state index contributed by atoms with van der Waals surface area (Å²) in [6.45, 7) is 2.92. The first-order valence-corrected chi connectivity index (χ1v) is 14.0. The van der Waals surface area contributed by atoms with Gasteiger partial charge in [0.1, 0.15) is 0 Å². The Morgan fingerprint density at radius 1 is 0.718 bits per heavy atom. The van der Waals surface area contributed by atoms with E-state index in [-0.39, 0.29) is 11.8 Å². The van der Waals surface area contributed by atoms with Crippen LogP contribution in [0, 0.1) is 0 Å². The van der Waals surface area contributed by atoms with Crippen molar-refractivity contribution in [3.05, 3.63) is 115 Å². The van der Waals surface area contributed by atoms with Gasteiger partial charge in [-0.15, -0.1) is 0 Å². The van der Waals surface area contributed by atoms with Crippen LogP contribution in [0.2, 0.25) is 0 Å². The molecule has 0 saturated carbocycles. The first kappa shape index (κ1) is 31.2. The van der Waals surface area contributed by atoms with Crippen LogP contribution in [-0.4, -0.2) is 29.9 Å². The maximum Gasteiger partial charge on any atom is 0.252 e. The molecule has 0 bridgehead atoms. The number of hydrogen-bond acceptors (Lipinski definition) is 3. The van der Waals surface area contributed by atoms with Crippen molar-refractivity contribution in [1.82, 2.24) is 15.6 Å². The Bertz CT molecular complexity index is 1110. The summed E-state index contributed by atoms with van der Waals surface area (Å²) in [4.78, 5) is 28.7. The molecule has 2 N–H and O–H groups in total. The summed E-state index contributed by atoms with van der Waals surface area (Å²) in [5.41, 5.74) is 2.40. The maximum atomic E-state index is 12.4. The molecule has 0 atom stereocenters. The van der Waals surface area contributed by atoms with Crippen LogP contribution >= 0.6 is 0 Å². The van der Waals surface area contributed by atoms with E-state index in [9.17, 15) is 9.59 Å². The summed E-state index contributed by atoms with van der Waals surface area (Å²) in [7, 11) is 0. The van der Waals surface area contributed by atoms with Crippen molar-refractivity contribution >= 4 is 11.8 Å². The number of nitrogens with one attached hydrogen (secondary N) is 2. The topological polar surface area (TPSA) is 71.1 Å². The van der Waals surface area contributed by atoms with Gasteiger partial charge in [0.2, 0.25) is 5.91 Å². The second-order valence-electron chi connectivity index (χ2n) is 9.03. The first-order valence-electron chi connectivity index (χ1n) is 14.0. The monoisotopic (exact) mass is 525 g/mol. The first-order chi connectivity index (χ1) is 19.2. The minimum Gasteiger partial charge on any atom is -0.354 e. The summed E-state index contributed by atoms with van der Waals surface area (Å²) in [5.74, 6) is -0.197. The molecule has 2 rings (SSSR count). The van der Waals surface area contributed by atoms with Gasteiger partial charge in [0.25, 0.3) is 5.91 Å². The van der Waals surface area contributed by atoms with Gasteiger partial charge in [0.05, 0.1) is 5.56 Å². The molecule has 0 aliphatic heterocycles. The van der Waals surface area contributed by atoms with Gasteiger partial charge in [-0.2, -0.15) is 0 Å². The van der Waals surface area contributed by atoms with Gasteiger partial charge in [-0.25, -0.2) is 0 Å². The average molecular weight is 526 g/mol. The van der Waals surface area contributed by atoms with E-state index in [1.807, 2.05) is 36.4 Å². The molecule has 1 aromatic heterocycles. The van der Waals surface area contributed by atoms with Crippen molar-refractivity contribution < 1.29 is 9.59 Å². The second-order valence-corrected chi connectivity index (χ2v) is 9.03. The van der Waals surface area contributed by atoms with E-state index in [1.165, 1.54) is 0 Å². The fourth-order valence-corrected chi connectivity index (χ4v) is 3.67. The number of unbranched alkanes of at least 4 members (excludes halogenated alkanes) is 1. The molecule has 0 radical (unpaired) electrons. The molecule has 0 unspecified atom stereocenters. The third kappa shape index (κ3) is 15.1. The van der Waals surface area contributed by atoms with Crippen molar-refractivity contribution in [2.45, 2.75) is 58.3 Å². The van der Waals surface area contributed by atoms with Gasteiger partial charge >= 0.3 is 0 Å². The van der Waals surface area contributed by atoms with Crippen LogP contribution in [0.4, 0.5) is 0 Å². The highest BCUT2D eigenvalue weighted by Gasteiger charge is 2.08. The van der Waals surface area contributed by atoms with E-state index in [4.69, 9.17) is 0 Å². The average Bonchev–Trinajstić information content (AvgIpc) is 2.97. The molecule has 5 nitrogen and oxygen atoms in total. The molecule has 0 spiro atoms. The summed E-state index contributed by atoms with van der Waals surface area (Å²) in [6, 6.07) is 11.6. The number of rotatable bonds is 18. The molecule has 206 valence electrons. The molecule has 5 heteroatoms. The number of carbonyl (C=O) groups excluding carboxylic acids is 2. The number of aromatic nitrogens is 1. The van der Waals surface area contributed by atoms with Crippen molar-refractivity contribution in [2.24, 2.45) is 0 Å². The Hall–Kier alpha value is -3.99. The third-order valence-electron chi connectivity index (χ3n) is 5.77. The lowest BCUT2D eigenvalue weighted by Crippen LogP contribution is -2.34. The molecule has 0 aliphatic rings. The van der Waals surface area contributed by atoms with Gasteiger partial charge in [0.15, 0.2) is 0 Å². The number of allylic oxidation sites excluding steroid dienone is 10. The van der Waals surface area contributed by atoms with Gasteiger partial charge < -0.3 is 10.6 Å². The van der Waals surface area contributed by atoms with E-state index >= 15 is 0 Å². The number of hydrogen-bond donors (Lipinski definition) is 2. The molecule has 39 heavy (non-hydrogen) atoms. The second kappa shape index (κ2) is 21.0. The van der Waals surface area contributed by atoms with Gasteiger partial charge in [0, 0.05) is 37.5 Å². The Kier molecular flexibility index (Phi) is 16.8. The van der Waals surface area contributed by atoms with Crippen LogP contribution in [0.15, 0.2) is 110 Å². The molecule has 2 aromatic rings. The van der Waals surface area contributed by atoms with Crippen LogP contribution in [0.3, 0.4) is 0 Å². The van der Waals surface area contributed by atoms with Crippen LogP contribution < -0.4 is 10.6 Å². The molecular formula is C34H43N3O2. The molecular weight excluding hydrogens is 482 g/mol. The molecule has 0 fully saturated rings. The van der Waals surface area contributed by atoms with E-state index in [2.05, 4.69) is 83.3 Å². The number of amides is 2. The van der Waals surface area contributed by atoms with Crippen molar-refractivity contribution in [1.29, 1.82) is 0 Å². The molecule has 0 saturated heterocycles. The van der Waals surface area contributed by atoms with Crippen molar-refractivity contribution in [3.63, 3.8) is 0 Å². The third-order valence-corrected chi connectivity index (χ3v) is 5.77.